The van der Waals surface area contributed by atoms with Crippen molar-refractivity contribution in [2.45, 2.75) is 31.7 Å². The minimum Gasteiger partial charge on any atom is -0.493 e. The number of H-pyrrole nitrogens is 1. The molecule has 0 bridgehead atoms. The molecule has 0 spiro atoms. The minimum atomic E-state index is -0.916. The number of benzene rings is 2. The summed E-state index contributed by atoms with van der Waals surface area (Å²) in [6.07, 6.45) is 5.19. The third kappa shape index (κ3) is 4.35. The molecule has 31 heavy (non-hydrogen) atoms. The number of carboxylic acids is 1. The third-order valence-corrected chi connectivity index (χ3v) is 5.90. The number of nitrogens with one attached hydrogen (secondary N) is 1. The molecule has 1 aliphatic rings. The van der Waals surface area contributed by atoms with Gasteiger partial charge in [0.2, 0.25) is 6.41 Å². The molecule has 0 saturated carbocycles. The van der Waals surface area contributed by atoms with Gasteiger partial charge in [-0.05, 0) is 54.2 Å². The second-order valence-corrected chi connectivity index (χ2v) is 7.70. The fraction of sp³-hybridized carbons (Fsp3) is 0.333. The number of carbonyl (C=O) groups excluding carboxylic acids is 1. The van der Waals surface area contributed by atoms with Crippen LogP contribution in [0.5, 0.6) is 11.5 Å². The standard InChI is InChI=1S/C24H26N2O5/c1-30-22-12-16-8-10-26(15-27)21(19(16)13-23(22)31-11-9-24(28)29)7-6-17-14-25-20-5-3-2-4-18(17)20/h2-5,12-15,21,25H,6-11H2,1H3,(H,28,29)/t21-/m0/s1. The molecule has 0 fully saturated rings. The zero-order valence-electron chi connectivity index (χ0n) is 17.5. The van der Waals surface area contributed by atoms with E-state index in [0.29, 0.717) is 18.0 Å². The van der Waals surface area contributed by atoms with Crippen LogP contribution in [0, 0.1) is 0 Å². The summed E-state index contributed by atoms with van der Waals surface area (Å²) in [5.74, 6) is 0.173. The first kappa shape index (κ1) is 20.8. The van der Waals surface area contributed by atoms with Crippen molar-refractivity contribution in [3.63, 3.8) is 0 Å². The first-order chi connectivity index (χ1) is 15.1. The number of hydrogen-bond acceptors (Lipinski definition) is 4. The highest BCUT2D eigenvalue weighted by Gasteiger charge is 2.28. The largest absolute Gasteiger partial charge is 0.493 e. The van der Waals surface area contributed by atoms with Crippen LogP contribution in [0.15, 0.2) is 42.6 Å². The summed E-state index contributed by atoms with van der Waals surface area (Å²) in [5, 5.41) is 10.1. The molecule has 1 aliphatic heterocycles. The van der Waals surface area contributed by atoms with Crippen molar-refractivity contribution in [3.05, 3.63) is 59.3 Å². The molecule has 4 rings (SSSR count). The van der Waals surface area contributed by atoms with Crippen LogP contribution in [0.1, 0.15) is 35.6 Å². The second kappa shape index (κ2) is 9.12. The van der Waals surface area contributed by atoms with Crippen LogP contribution in [0.2, 0.25) is 0 Å². The van der Waals surface area contributed by atoms with E-state index in [4.69, 9.17) is 14.6 Å². The van der Waals surface area contributed by atoms with E-state index in [-0.39, 0.29) is 19.1 Å². The number of carbonyl (C=O) groups is 2. The number of aromatic nitrogens is 1. The van der Waals surface area contributed by atoms with Gasteiger partial charge < -0.3 is 24.5 Å². The molecule has 2 aromatic carbocycles. The number of hydrogen-bond donors (Lipinski definition) is 2. The summed E-state index contributed by atoms with van der Waals surface area (Å²) in [5.41, 5.74) is 4.49. The van der Waals surface area contributed by atoms with Crippen molar-refractivity contribution in [2.24, 2.45) is 0 Å². The summed E-state index contributed by atoms with van der Waals surface area (Å²) < 4.78 is 11.2. The fourth-order valence-electron chi connectivity index (χ4n) is 4.33. The van der Waals surface area contributed by atoms with Crippen molar-refractivity contribution in [1.82, 2.24) is 9.88 Å². The molecule has 0 aliphatic carbocycles. The van der Waals surface area contributed by atoms with Gasteiger partial charge in [0.1, 0.15) is 0 Å². The summed E-state index contributed by atoms with van der Waals surface area (Å²) in [7, 11) is 1.57. The van der Waals surface area contributed by atoms with Crippen molar-refractivity contribution < 1.29 is 24.2 Å². The van der Waals surface area contributed by atoms with E-state index in [1.54, 1.807) is 7.11 Å². The Morgan fingerprint density at radius 3 is 2.90 bits per heavy atom. The third-order valence-electron chi connectivity index (χ3n) is 5.90. The van der Waals surface area contributed by atoms with Crippen molar-refractivity contribution in [2.75, 3.05) is 20.3 Å². The number of aryl methyl sites for hydroxylation is 1. The lowest BCUT2D eigenvalue weighted by atomic mass is 9.88. The molecular weight excluding hydrogens is 396 g/mol. The molecule has 0 radical (unpaired) electrons. The van der Waals surface area contributed by atoms with Crippen LogP contribution in [0.3, 0.4) is 0 Å². The summed E-state index contributed by atoms with van der Waals surface area (Å²) in [6, 6.07) is 12.0. The van der Waals surface area contributed by atoms with Gasteiger partial charge in [0.15, 0.2) is 11.5 Å². The molecule has 2 N–H and O–H groups in total. The predicted octanol–water partition coefficient (Wildman–Crippen LogP) is 3.72. The van der Waals surface area contributed by atoms with Gasteiger partial charge in [-0.2, -0.15) is 0 Å². The molecule has 0 saturated heterocycles. The summed E-state index contributed by atoms with van der Waals surface area (Å²) >= 11 is 0. The van der Waals surface area contributed by atoms with Crippen LogP contribution in [0.4, 0.5) is 0 Å². The number of nitrogens with zero attached hydrogens (tertiary/aromatic N) is 1. The monoisotopic (exact) mass is 422 g/mol. The lowest BCUT2D eigenvalue weighted by Gasteiger charge is -2.35. The van der Waals surface area contributed by atoms with Crippen LogP contribution in [-0.2, 0) is 22.4 Å². The highest BCUT2D eigenvalue weighted by atomic mass is 16.5. The Morgan fingerprint density at radius 2 is 2.13 bits per heavy atom. The number of amides is 1. The topological polar surface area (TPSA) is 91.9 Å². The number of methoxy groups -OCH3 is 1. The van der Waals surface area contributed by atoms with Crippen LogP contribution < -0.4 is 9.47 Å². The number of para-hydroxylation sites is 1. The molecule has 1 atom stereocenters. The van der Waals surface area contributed by atoms with Gasteiger partial charge in [-0.3, -0.25) is 9.59 Å². The van der Waals surface area contributed by atoms with Gasteiger partial charge in [0, 0.05) is 23.6 Å². The maximum Gasteiger partial charge on any atom is 0.306 e. The predicted molar refractivity (Wildman–Crippen MR) is 117 cm³/mol. The molecular formula is C24H26N2O5. The van der Waals surface area contributed by atoms with E-state index < -0.39 is 5.97 Å². The molecule has 7 nitrogen and oxygen atoms in total. The average molecular weight is 422 g/mol. The maximum absolute atomic E-state index is 11.8. The number of aliphatic carboxylic acids is 1. The lowest BCUT2D eigenvalue weighted by molar-refractivity contribution is -0.137. The first-order valence-corrected chi connectivity index (χ1v) is 10.4. The number of ether oxygens (including phenoxy) is 2. The number of carboxylic acid groups (broad SMARTS) is 1. The Morgan fingerprint density at radius 1 is 1.29 bits per heavy atom. The minimum absolute atomic E-state index is 0.0574. The number of rotatable bonds is 9. The molecule has 2 heterocycles. The maximum atomic E-state index is 11.8. The zero-order valence-corrected chi connectivity index (χ0v) is 17.5. The molecule has 3 aromatic rings. The molecule has 1 aromatic heterocycles. The van der Waals surface area contributed by atoms with Crippen LogP contribution >= 0.6 is 0 Å². The smallest absolute Gasteiger partial charge is 0.306 e. The van der Waals surface area contributed by atoms with Gasteiger partial charge in [-0.1, -0.05) is 18.2 Å². The van der Waals surface area contributed by atoms with Crippen LogP contribution in [-0.4, -0.2) is 47.6 Å². The Labute approximate surface area is 180 Å². The molecule has 1 amide bonds. The molecule has 7 heteroatoms. The summed E-state index contributed by atoms with van der Waals surface area (Å²) in [4.78, 5) is 27.8. The Kier molecular flexibility index (Phi) is 6.11. The number of fused-ring (bicyclic) bond motifs is 2. The quantitative estimate of drug-likeness (QED) is 0.513. The van der Waals surface area contributed by atoms with E-state index in [1.807, 2.05) is 35.4 Å². The Balaban J connectivity index is 1.61. The van der Waals surface area contributed by atoms with Gasteiger partial charge in [-0.15, -0.1) is 0 Å². The van der Waals surface area contributed by atoms with Gasteiger partial charge in [0.25, 0.3) is 0 Å². The van der Waals surface area contributed by atoms with E-state index in [0.717, 1.165) is 42.3 Å². The molecule has 162 valence electrons. The van der Waals surface area contributed by atoms with E-state index in [1.165, 1.54) is 10.9 Å². The highest BCUT2D eigenvalue weighted by molar-refractivity contribution is 5.83. The first-order valence-electron chi connectivity index (χ1n) is 10.4. The number of aromatic amines is 1. The van der Waals surface area contributed by atoms with Crippen molar-refractivity contribution in [3.8, 4) is 11.5 Å². The summed E-state index contributed by atoms with van der Waals surface area (Å²) in [6.45, 7) is 0.708. The van der Waals surface area contributed by atoms with E-state index >= 15 is 0 Å². The van der Waals surface area contributed by atoms with Crippen LogP contribution in [0.25, 0.3) is 10.9 Å². The molecule has 0 unspecified atom stereocenters. The van der Waals surface area contributed by atoms with Gasteiger partial charge in [0.05, 0.1) is 26.2 Å². The fourth-order valence-corrected chi connectivity index (χ4v) is 4.33. The normalized spacial score (nSPS) is 15.5. The lowest BCUT2D eigenvalue weighted by Crippen LogP contribution is -2.34. The second-order valence-electron chi connectivity index (χ2n) is 7.70. The van der Waals surface area contributed by atoms with Gasteiger partial charge in [-0.25, -0.2) is 0 Å². The van der Waals surface area contributed by atoms with E-state index in [2.05, 4.69) is 17.1 Å². The Bertz CT molecular complexity index is 1090. The SMILES string of the molecule is COc1cc2c(cc1OCCC(=O)O)[C@H](CCc1c[nH]c3ccccc13)N(C=O)CC2. The Hall–Kier alpha value is -3.48. The van der Waals surface area contributed by atoms with Crippen molar-refractivity contribution >= 4 is 23.3 Å². The average Bonchev–Trinajstić information content (AvgIpc) is 3.19. The van der Waals surface area contributed by atoms with E-state index in [9.17, 15) is 9.59 Å². The highest BCUT2D eigenvalue weighted by Crippen LogP contribution is 2.40. The van der Waals surface area contributed by atoms with Gasteiger partial charge >= 0.3 is 5.97 Å². The zero-order chi connectivity index (χ0) is 21.8. The van der Waals surface area contributed by atoms with Crippen molar-refractivity contribution in [1.29, 1.82) is 0 Å².